The van der Waals surface area contributed by atoms with Gasteiger partial charge in [0.1, 0.15) is 11.5 Å². The average molecular weight is 389 g/mol. The van der Waals surface area contributed by atoms with Crippen LogP contribution in [0.15, 0.2) is 57.7 Å². The Kier molecular flexibility index (Phi) is 4.46. The van der Waals surface area contributed by atoms with E-state index in [0.717, 1.165) is 22.5 Å². The standard InChI is InChI=1S/C17H17BrN4O2/c18-14-4-1-3-13(9-14)10-22-12-16(19-20-22)17-21(6-8-24-17)11-15-5-2-7-23-15/h1-5,7,9,12,17H,6,8,10-11H2/t17-/m0/s1. The van der Waals surface area contributed by atoms with E-state index >= 15 is 0 Å². The van der Waals surface area contributed by atoms with Gasteiger partial charge in [-0.2, -0.15) is 0 Å². The van der Waals surface area contributed by atoms with Crippen molar-refractivity contribution in [2.75, 3.05) is 13.2 Å². The number of halogens is 1. The lowest BCUT2D eigenvalue weighted by Crippen LogP contribution is -2.23. The van der Waals surface area contributed by atoms with Crippen LogP contribution in [0.2, 0.25) is 0 Å². The highest BCUT2D eigenvalue weighted by molar-refractivity contribution is 9.10. The Labute approximate surface area is 148 Å². The smallest absolute Gasteiger partial charge is 0.157 e. The highest BCUT2D eigenvalue weighted by Crippen LogP contribution is 2.27. The number of benzene rings is 1. The van der Waals surface area contributed by atoms with E-state index < -0.39 is 0 Å². The zero-order valence-electron chi connectivity index (χ0n) is 13.0. The Bertz CT molecular complexity index is 803. The van der Waals surface area contributed by atoms with Crippen LogP contribution in [0.25, 0.3) is 0 Å². The van der Waals surface area contributed by atoms with Crippen molar-refractivity contribution in [3.05, 3.63) is 70.3 Å². The maximum absolute atomic E-state index is 5.84. The fraction of sp³-hybridized carbons (Fsp3) is 0.294. The van der Waals surface area contributed by atoms with E-state index in [0.29, 0.717) is 19.7 Å². The lowest BCUT2D eigenvalue weighted by molar-refractivity contribution is 0.0223. The summed E-state index contributed by atoms with van der Waals surface area (Å²) in [4.78, 5) is 2.20. The molecule has 0 aliphatic carbocycles. The van der Waals surface area contributed by atoms with Gasteiger partial charge in [0.25, 0.3) is 0 Å². The van der Waals surface area contributed by atoms with E-state index in [1.54, 1.807) is 6.26 Å². The molecule has 0 spiro atoms. The molecule has 0 bridgehead atoms. The van der Waals surface area contributed by atoms with Crippen molar-refractivity contribution in [3.8, 4) is 0 Å². The van der Waals surface area contributed by atoms with Gasteiger partial charge in [-0.05, 0) is 29.8 Å². The second-order valence-electron chi connectivity index (χ2n) is 5.74. The van der Waals surface area contributed by atoms with Gasteiger partial charge < -0.3 is 9.15 Å². The largest absolute Gasteiger partial charge is 0.468 e. The molecule has 1 saturated heterocycles. The highest BCUT2D eigenvalue weighted by atomic mass is 79.9. The van der Waals surface area contributed by atoms with Gasteiger partial charge >= 0.3 is 0 Å². The van der Waals surface area contributed by atoms with Gasteiger partial charge in [-0.3, -0.25) is 4.90 Å². The van der Waals surface area contributed by atoms with Crippen molar-refractivity contribution in [2.24, 2.45) is 0 Å². The molecule has 7 heteroatoms. The first-order valence-corrected chi connectivity index (χ1v) is 8.60. The molecule has 2 aromatic heterocycles. The third kappa shape index (κ3) is 3.43. The van der Waals surface area contributed by atoms with E-state index in [-0.39, 0.29) is 6.23 Å². The van der Waals surface area contributed by atoms with Crippen LogP contribution in [0, 0.1) is 0 Å². The summed E-state index contributed by atoms with van der Waals surface area (Å²) in [6.45, 7) is 2.92. The Morgan fingerprint density at radius 2 is 2.17 bits per heavy atom. The van der Waals surface area contributed by atoms with E-state index in [2.05, 4.69) is 43.3 Å². The molecule has 1 aliphatic rings. The third-order valence-corrected chi connectivity index (χ3v) is 4.46. The predicted molar refractivity (Wildman–Crippen MR) is 91.1 cm³/mol. The van der Waals surface area contributed by atoms with Crippen LogP contribution in [0.5, 0.6) is 0 Å². The van der Waals surface area contributed by atoms with Crippen molar-refractivity contribution in [2.45, 2.75) is 19.3 Å². The van der Waals surface area contributed by atoms with Crippen molar-refractivity contribution in [1.29, 1.82) is 0 Å². The monoisotopic (exact) mass is 388 g/mol. The van der Waals surface area contributed by atoms with Crippen LogP contribution in [-0.4, -0.2) is 33.0 Å². The Balaban J connectivity index is 1.47. The second kappa shape index (κ2) is 6.88. The molecular weight excluding hydrogens is 372 g/mol. The fourth-order valence-electron chi connectivity index (χ4n) is 2.87. The molecule has 1 aromatic carbocycles. The first-order valence-electron chi connectivity index (χ1n) is 7.80. The van der Waals surface area contributed by atoms with E-state index in [1.165, 1.54) is 5.56 Å². The van der Waals surface area contributed by atoms with Gasteiger partial charge in [0, 0.05) is 11.0 Å². The van der Waals surface area contributed by atoms with E-state index in [4.69, 9.17) is 9.15 Å². The number of hydrogen-bond donors (Lipinski definition) is 0. The van der Waals surface area contributed by atoms with Crippen molar-refractivity contribution in [3.63, 3.8) is 0 Å². The van der Waals surface area contributed by atoms with Crippen molar-refractivity contribution >= 4 is 15.9 Å². The summed E-state index contributed by atoms with van der Waals surface area (Å²) in [6, 6.07) is 12.0. The topological polar surface area (TPSA) is 56.3 Å². The first kappa shape index (κ1) is 15.6. The van der Waals surface area contributed by atoms with Crippen LogP contribution in [0.3, 0.4) is 0 Å². The van der Waals surface area contributed by atoms with Gasteiger partial charge in [-0.1, -0.05) is 33.3 Å². The average Bonchev–Trinajstić information content (AvgIpc) is 3.29. The summed E-state index contributed by atoms with van der Waals surface area (Å²) < 4.78 is 14.2. The minimum Gasteiger partial charge on any atom is -0.468 e. The summed E-state index contributed by atoms with van der Waals surface area (Å²) in [5.74, 6) is 0.923. The fourth-order valence-corrected chi connectivity index (χ4v) is 3.31. The first-order chi connectivity index (χ1) is 11.8. The molecule has 4 rings (SSSR count). The van der Waals surface area contributed by atoms with Crippen molar-refractivity contribution < 1.29 is 9.15 Å². The van der Waals surface area contributed by atoms with Gasteiger partial charge in [-0.15, -0.1) is 5.10 Å². The van der Waals surface area contributed by atoms with Gasteiger partial charge in [-0.25, -0.2) is 4.68 Å². The highest BCUT2D eigenvalue weighted by Gasteiger charge is 2.29. The zero-order chi connectivity index (χ0) is 16.4. The van der Waals surface area contributed by atoms with Crippen LogP contribution < -0.4 is 0 Å². The molecule has 0 amide bonds. The quantitative estimate of drug-likeness (QED) is 0.671. The molecule has 0 radical (unpaired) electrons. The molecule has 3 aromatic rings. The van der Waals surface area contributed by atoms with Gasteiger partial charge in [0.2, 0.25) is 0 Å². The van der Waals surface area contributed by atoms with E-state index in [9.17, 15) is 0 Å². The van der Waals surface area contributed by atoms with Crippen molar-refractivity contribution in [1.82, 2.24) is 19.9 Å². The van der Waals surface area contributed by atoms with Crippen LogP contribution in [0.1, 0.15) is 23.2 Å². The molecule has 1 aliphatic heterocycles. The second-order valence-corrected chi connectivity index (χ2v) is 6.66. The summed E-state index contributed by atoms with van der Waals surface area (Å²) in [7, 11) is 0. The maximum atomic E-state index is 5.84. The molecule has 0 saturated carbocycles. The lowest BCUT2D eigenvalue weighted by atomic mass is 10.2. The lowest BCUT2D eigenvalue weighted by Gasteiger charge is -2.19. The number of nitrogens with zero attached hydrogens (tertiary/aromatic N) is 4. The van der Waals surface area contributed by atoms with Crippen LogP contribution >= 0.6 is 15.9 Å². The summed E-state index contributed by atoms with van der Waals surface area (Å²) in [6.07, 6.45) is 3.47. The number of hydrogen-bond acceptors (Lipinski definition) is 5. The summed E-state index contributed by atoms with van der Waals surface area (Å²) in [5, 5.41) is 8.54. The molecule has 1 atom stereocenters. The minimum atomic E-state index is -0.175. The Hall–Kier alpha value is -1.96. The Morgan fingerprint density at radius 3 is 3.00 bits per heavy atom. The number of aromatic nitrogens is 3. The number of furan rings is 1. The zero-order valence-corrected chi connectivity index (χ0v) is 14.6. The SMILES string of the molecule is Brc1cccc(Cn2cc([C@@H]3OCCN3Cc3ccco3)nn2)c1. The third-order valence-electron chi connectivity index (χ3n) is 3.97. The molecule has 24 heavy (non-hydrogen) atoms. The molecular formula is C17H17BrN4O2. The molecule has 3 heterocycles. The molecule has 124 valence electrons. The van der Waals surface area contributed by atoms with Crippen LogP contribution in [-0.2, 0) is 17.8 Å². The maximum Gasteiger partial charge on any atom is 0.157 e. The molecule has 0 unspecified atom stereocenters. The number of ether oxygens (including phenoxy) is 1. The summed E-state index contributed by atoms with van der Waals surface area (Å²) in [5.41, 5.74) is 2.00. The Morgan fingerprint density at radius 1 is 1.21 bits per heavy atom. The van der Waals surface area contributed by atoms with Gasteiger partial charge in [0.15, 0.2) is 6.23 Å². The minimum absolute atomic E-state index is 0.175. The van der Waals surface area contributed by atoms with E-state index in [1.807, 2.05) is 35.1 Å². The summed E-state index contributed by atoms with van der Waals surface area (Å²) >= 11 is 3.49. The molecule has 0 N–H and O–H groups in total. The molecule has 1 fully saturated rings. The molecule has 6 nitrogen and oxygen atoms in total. The van der Waals surface area contributed by atoms with Gasteiger partial charge in [0.05, 0.1) is 32.2 Å². The number of rotatable bonds is 5. The van der Waals surface area contributed by atoms with Crippen LogP contribution in [0.4, 0.5) is 0 Å². The predicted octanol–water partition coefficient (Wildman–Crippen LogP) is 3.21. The normalized spacial score (nSPS) is 18.3.